The van der Waals surface area contributed by atoms with E-state index in [2.05, 4.69) is 0 Å². The van der Waals surface area contributed by atoms with Crippen molar-refractivity contribution >= 4 is 18.0 Å². The third kappa shape index (κ3) is 4.10. The summed E-state index contributed by atoms with van der Waals surface area (Å²) >= 11 is 0. The summed E-state index contributed by atoms with van der Waals surface area (Å²) < 4.78 is 6.96. The van der Waals surface area contributed by atoms with Gasteiger partial charge in [0.25, 0.3) is 0 Å². The summed E-state index contributed by atoms with van der Waals surface area (Å²) in [5.41, 5.74) is 2.91. The lowest BCUT2D eigenvalue weighted by atomic mass is 10.2. The number of benzene rings is 1. The molecule has 0 aliphatic rings. The Morgan fingerprint density at radius 1 is 1.26 bits per heavy atom. The molecule has 0 radical (unpaired) electrons. The van der Waals surface area contributed by atoms with Crippen LogP contribution < -0.4 is 0 Å². The van der Waals surface area contributed by atoms with Gasteiger partial charge in [0.15, 0.2) is 0 Å². The van der Waals surface area contributed by atoms with Crippen LogP contribution in [0.25, 0.3) is 6.08 Å². The first-order valence-corrected chi connectivity index (χ1v) is 7.35. The van der Waals surface area contributed by atoms with E-state index in [0.29, 0.717) is 24.4 Å². The van der Waals surface area contributed by atoms with Crippen LogP contribution in [0.5, 0.6) is 0 Å². The molecule has 1 aromatic carbocycles. The Balaban J connectivity index is 2.44. The van der Waals surface area contributed by atoms with Crippen molar-refractivity contribution in [2.75, 3.05) is 6.61 Å². The molecule has 0 atom stereocenters. The lowest BCUT2D eigenvalue weighted by Crippen LogP contribution is -2.08. The molecule has 1 heterocycles. The maximum Gasteiger partial charge on any atom is 0.339 e. The van der Waals surface area contributed by atoms with Gasteiger partial charge in [-0.3, -0.25) is 0 Å². The first-order chi connectivity index (χ1) is 11.0. The van der Waals surface area contributed by atoms with E-state index in [9.17, 15) is 9.59 Å². The fraction of sp³-hybridized carbons (Fsp3) is 0.222. The summed E-state index contributed by atoms with van der Waals surface area (Å²) in [7, 11) is 0. The van der Waals surface area contributed by atoms with E-state index < -0.39 is 11.9 Å². The number of ether oxygens (including phenoxy) is 1. The second-order valence-corrected chi connectivity index (χ2v) is 5.03. The Morgan fingerprint density at radius 3 is 2.57 bits per heavy atom. The van der Waals surface area contributed by atoms with Crippen LogP contribution in [0, 0.1) is 6.92 Å². The predicted molar refractivity (Wildman–Crippen MR) is 87.3 cm³/mol. The first kappa shape index (κ1) is 16.5. The van der Waals surface area contributed by atoms with E-state index in [1.54, 1.807) is 13.0 Å². The smallest absolute Gasteiger partial charge is 0.339 e. The van der Waals surface area contributed by atoms with Crippen molar-refractivity contribution in [1.29, 1.82) is 0 Å². The van der Waals surface area contributed by atoms with E-state index in [4.69, 9.17) is 9.84 Å². The summed E-state index contributed by atoms with van der Waals surface area (Å²) in [6.07, 6.45) is 2.55. The largest absolute Gasteiger partial charge is 0.478 e. The zero-order valence-corrected chi connectivity index (χ0v) is 13.2. The number of nitrogens with zero attached hydrogens (tertiary/aromatic N) is 1. The van der Waals surface area contributed by atoms with Gasteiger partial charge in [-0.15, -0.1) is 0 Å². The standard InChI is InChI=1S/C18H19NO4/c1-3-23-18(22)16-11-15(9-10-17(20)21)19(13(16)2)12-14-7-5-4-6-8-14/h4-11H,3,12H2,1-2H3,(H,20,21). The second kappa shape index (κ2) is 7.45. The first-order valence-electron chi connectivity index (χ1n) is 7.35. The van der Waals surface area contributed by atoms with Crippen LogP contribution in [0.15, 0.2) is 42.5 Å². The van der Waals surface area contributed by atoms with Gasteiger partial charge in [0, 0.05) is 24.0 Å². The van der Waals surface area contributed by atoms with Crippen LogP contribution in [0.1, 0.15) is 34.2 Å². The SMILES string of the molecule is CCOC(=O)c1cc(C=CC(=O)O)n(Cc2ccccc2)c1C. The molecule has 1 N–H and O–H groups in total. The molecule has 0 aliphatic heterocycles. The monoisotopic (exact) mass is 313 g/mol. The minimum Gasteiger partial charge on any atom is -0.478 e. The minimum absolute atomic E-state index is 0.294. The van der Waals surface area contributed by atoms with E-state index in [1.165, 1.54) is 6.08 Å². The van der Waals surface area contributed by atoms with Gasteiger partial charge in [0.2, 0.25) is 0 Å². The molecule has 5 nitrogen and oxygen atoms in total. The van der Waals surface area contributed by atoms with E-state index >= 15 is 0 Å². The van der Waals surface area contributed by atoms with Gasteiger partial charge in [-0.1, -0.05) is 30.3 Å². The lowest BCUT2D eigenvalue weighted by Gasteiger charge is -2.10. The van der Waals surface area contributed by atoms with Gasteiger partial charge >= 0.3 is 11.9 Å². The number of hydrogen-bond donors (Lipinski definition) is 1. The maximum atomic E-state index is 12.0. The van der Waals surface area contributed by atoms with Gasteiger partial charge in [-0.05, 0) is 31.6 Å². The number of esters is 1. The molecule has 2 aromatic rings. The van der Waals surface area contributed by atoms with E-state index in [1.807, 2.05) is 41.8 Å². The van der Waals surface area contributed by atoms with Crippen molar-refractivity contribution in [3.8, 4) is 0 Å². The number of hydrogen-bond acceptors (Lipinski definition) is 3. The molecule has 5 heteroatoms. The van der Waals surface area contributed by atoms with E-state index in [-0.39, 0.29) is 0 Å². The average molecular weight is 313 g/mol. The molecule has 23 heavy (non-hydrogen) atoms. The Kier molecular flexibility index (Phi) is 5.36. The number of carbonyl (C=O) groups is 2. The van der Waals surface area contributed by atoms with Gasteiger partial charge < -0.3 is 14.4 Å². The van der Waals surface area contributed by atoms with Crippen molar-refractivity contribution in [2.45, 2.75) is 20.4 Å². The molecule has 0 saturated carbocycles. The third-order valence-corrected chi connectivity index (χ3v) is 3.47. The van der Waals surface area contributed by atoms with Crippen LogP contribution in [0.2, 0.25) is 0 Å². The van der Waals surface area contributed by atoms with Gasteiger partial charge in [0.05, 0.1) is 12.2 Å². The van der Waals surface area contributed by atoms with Gasteiger partial charge in [-0.2, -0.15) is 0 Å². The Morgan fingerprint density at radius 2 is 1.96 bits per heavy atom. The molecule has 0 amide bonds. The molecule has 1 aromatic heterocycles. The van der Waals surface area contributed by atoms with Crippen LogP contribution in [0.3, 0.4) is 0 Å². The number of carbonyl (C=O) groups excluding carboxylic acids is 1. The Labute approximate surface area is 134 Å². The quantitative estimate of drug-likeness (QED) is 0.657. The van der Waals surface area contributed by atoms with Crippen LogP contribution >= 0.6 is 0 Å². The molecule has 0 bridgehead atoms. The van der Waals surface area contributed by atoms with Crippen molar-refractivity contribution in [3.05, 3.63) is 65.0 Å². The number of aliphatic carboxylic acids is 1. The topological polar surface area (TPSA) is 68.5 Å². The Hall–Kier alpha value is -2.82. The van der Waals surface area contributed by atoms with Crippen LogP contribution in [-0.2, 0) is 16.1 Å². The fourth-order valence-electron chi connectivity index (χ4n) is 2.36. The zero-order chi connectivity index (χ0) is 16.8. The highest BCUT2D eigenvalue weighted by atomic mass is 16.5. The molecule has 2 rings (SSSR count). The van der Waals surface area contributed by atoms with Crippen molar-refractivity contribution in [3.63, 3.8) is 0 Å². The third-order valence-electron chi connectivity index (χ3n) is 3.47. The second-order valence-electron chi connectivity index (χ2n) is 5.03. The summed E-state index contributed by atoms with van der Waals surface area (Å²) in [6, 6.07) is 11.4. The van der Waals surface area contributed by atoms with Crippen molar-refractivity contribution in [1.82, 2.24) is 4.57 Å². The number of carboxylic acid groups (broad SMARTS) is 1. The number of aromatic nitrogens is 1. The number of carboxylic acids is 1. The minimum atomic E-state index is -1.03. The summed E-state index contributed by atoms with van der Waals surface area (Å²) in [5, 5.41) is 8.84. The summed E-state index contributed by atoms with van der Waals surface area (Å²) in [6.45, 7) is 4.42. The molecular formula is C18H19NO4. The average Bonchev–Trinajstić information content (AvgIpc) is 2.83. The predicted octanol–water partition coefficient (Wildman–Crippen LogP) is 3.12. The molecular weight excluding hydrogens is 294 g/mol. The zero-order valence-electron chi connectivity index (χ0n) is 13.2. The fourth-order valence-corrected chi connectivity index (χ4v) is 2.36. The maximum absolute atomic E-state index is 12.0. The molecule has 0 saturated heterocycles. The normalized spacial score (nSPS) is 10.9. The Bertz CT molecular complexity index is 729. The lowest BCUT2D eigenvalue weighted by molar-refractivity contribution is -0.131. The highest BCUT2D eigenvalue weighted by molar-refractivity contribution is 5.92. The summed E-state index contributed by atoms with van der Waals surface area (Å²) in [4.78, 5) is 22.8. The van der Waals surface area contributed by atoms with Crippen molar-refractivity contribution in [2.24, 2.45) is 0 Å². The molecule has 0 fully saturated rings. The molecule has 0 spiro atoms. The van der Waals surface area contributed by atoms with E-state index in [0.717, 1.165) is 17.3 Å². The van der Waals surface area contributed by atoms with Crippen LogP contribution in [-0.4, -0.2) is 28.2 Å². The van der Waals surface area contributed by atoms with Gasteiger partial charge in [0.1, 0.15) is 0 Å². The molecule has 0 aliphatic carbocycles. The van der Waals surface area contributed by atoms with Crippen LogP contribution in [0.4, 0.5) is 0 Å². The summed E-state index contributed by atoms with van der Waals surface area (Å²) in [5.74, 6) is -1.44. The highest BCUT2D eigenvalue weighted by Gasteiger charge is 2.17. The highest BCUT2D eigenvalue weighted by Crippen LogP contribution is 2.20. The molecule has 0 unspecified atom stereocenters. The number of rotatable bonds is 6. The van der Waals surface area contributed by atoms with Gasteiger partial charge in [-0.25, -0.2) is 9.59 Å². The molecule has 120 valence electrons. The van der Waals surface area contributed by atoms with Crippen molar-refractivity contribution < 1.29 is 19.4 Å².